The molecule has 0 unspecified atom stereocenters. The van der Waals surface area contributed by atoms with Crippen LogP contribution in [0.1, 0.15) is 34.5 Å². The zero-order valence-corrected chi connectivity index (χ0v) is 13.1. The maximum Gasteiger partial charge on any atom is 0.254 e. The molecule has 0 bridgehead atoms. The molecule has 1 amide bonds. The van der Waals surface area contributed by atoms with Crippen molar-refractivity contribution in [3.05, 3.63) is 65.5 Å². The molecule has 0 aliphatic heterocycles. The van der Waals surface area contributed by atoms with Crippen LogP contribution in [-0.2, 0) is 13.1 Å². The van der Waals surface area contributed by atoms with Crippen molar-refractivity contribution in [2.75, 3.05) is 0 Å². The van der Waals surface area contributed by atoms with Crippen LogP contribution in [-0.4, -0.2) is 21.8 Å². The molecule has 1 aliphatic carbocycles. The molecule has 2 aromatic rings. The summed E-state index contributed by atoms with van der Waals surface area (Å²) in [5, 5.41) is 0. The Hall–Kier alpha value is -1.91. The normalized spacial score (nSPS) is 13.3. The number of carbonyl (C=O) groups is 1. The first-order chi connectivity index (χ1) is 10.3. The summed E-state index contributed by atoms with van der Waals surface area (Å²) in [6.45, 7) is 1.07. The molecule has 3 rings (SSSR count). The number of pyridine rings is 1. The fourth-order valence-corrected chi connectivity index (χ4v) is 2.37. The van der Waals surface area contributed by atoms with E-state index in [9.17, 15) is 4.79 Å². The van der Waals surface area contributed by atoms with Gasteiger partial charge in [0.1, 0.15) is 0 Å². The molecule has 0 spiro atoms. The van der Waals surface area contributed by atoms with Crippen molar-refractivity contribution < 1.29 is 4.79 Å². The number of carbonyl (C=O) groups excluding carboxylic acids is 1. The van der Waals surface area contributed by atoms with Crippen molar-refractivity contribution in [3.63, 3.8) is 0 Å². The molecule has 0 radical (unpaired) electrons. The number of benzene rings is 1. The van der Waals surface area contributed by atoms with Crippen LogP contribution in [0.3, 0.4) is 0 Å². The maximum absolute atomic E-state index is 12.7. The average molecular weight is 318 g/mol. The van der Waals surface area contributed by atoms with Gasteiger partial charge in [0.2, 0.25) is 0 Å². The summed E-state index contributed by atoms with van der Waals surface area (Å²) in [6, 6.07) is 13.7. The number of aromatic nitrogens is 1. The van der Waals surface area contributed by atoms with Crippen molar-refractivity contribution in [2.24, 2.45) is 5.73 Å². The van der Waals surface area contributed by atoms with E-state index < -0.39 is 0 Å². The third-order valence-corrected chi connectivity index (χ3v) is 3.74. The van der Waals surface area contributed by atoms with Crippen molar-refractivity contribution in [3.8, 4) is 0 Å². The van der Waals surface area contributed by atoms with Crippen molar-refractivity contribution in [1.82, 2.24) is 9.88 Å². The first-order valence-corrected chi connectivity index (χ1v) is 7.28. The molecule has 0 saturated heterocycles. The number of rotatable bonds is 5. The van der Waals surface area contributed by atoms with Gasteiger partial charge in [-0.05, 0) is 42.7 Å². The summed E-state index contributed by atoms with van der Waals surface area (Å²) < 4.78 is 0. The highest BCUT2D eigenvalue weighted by Crippen LogP contribution is 2.29. The van der Waals surface area contributed by atoms with E-state index in [2.05, 4.69) is 4.98 Å². The average Bonchev–Trinajstić information content (AvgIpc) is 3.38. The predicted octanol–water partition coefficient (Wildman–Crippen LogP) is 2.77. The standard InChI is InChI=1S/C17H19N3O.ClH/c18-11-13-4-6-14(7-5-13)17(21)20(16-8-9-16)12-15-3-1-2-10-19-15;/h1-7,10,16H,8-9,11-12,18H2;1H. The van der Waals surface area contributed by atoms with Crippen molar-refractivity contribution in [2.45, 2.75) is 32.0 Å². The van der Waals surface area contributed by atoms with Crippen LogP contribution in [0, 0.1) is 0 Å². The number of hydrogen-bond acceptors (Lipinski definition) is 3. The fourth-order valence-electron chi connectivity index (χ4n) is 2.37. The summed E-state index contributed by atoms with van der Waals surface area (Å²) in [7, 11) is 0. The van der Waals surface area contributed by atoms with E-state index in [1.165, 1.54) is 0 Å². The van der Waals surface area contributed by atoms with Gasteiger partial charge in [0, 0.05) is 24.3 Å². The second-order valence-electron chi connectivity index (χ2n) is 5.39. The Morgan fingerprint density at radius 1 is 1.18 bits per heavy atom. The van der Waals surface area contributed by atoms with Crippen LogP contribution in [0.5, 0.6) is 0 Å². The van der Waals surface area contributed by atoms with Crippen LogP contribution < -0.4 is 5.73 Å². The smallest absolute Gasteiger partial charge is 0.254 e. The first-order valence-electron chi connectivity index (χ1n) is 7.28. The monoisotopic (exact) mass is 317 g/mol. The van der Waals surface area contributed by atoms with E-state index in [1.807, 2.05) is 47.4 Å². The molecule has 2 N–H and O–H groups in total. The lowest BCUT2D eigenvalue weighted by Crippen LogP contribution is -2.32. The molecule has 1 fully saturated rings. The van der Waals surface area contributed by atoms with Gasteiger partial charge in [-0.3, -0.25) is 9.78 Å². The summed E-state index contributed by atoms with van der Waals surface area (Å²) in [4.78, 5) is 18.9. The Morgan fingerprint density at radius 3 is 2.45 bits per heavy atom. The quantitative estimate of drug-likeness (QED) is 0.922. The number of nitrogens with two attached hydrogens (primary N) is 1. The number of amides is 1. The minimum absolute atomic E-state index is 0. The van der Waals surface area contributed by atoms with Gasteiger partial charge in [0.25, 0.3) is 5.91 Å². The van der Waals surface area contributed by atoms with Gasteiger partial charge in [-0.2, -0.15) is 0 Å². The molecule has 1 aromatic heterocycles. The van der Waals surface area contributed by atoms with Gasteiger partial charge in [0.05, 0.1) is 12.2 Å². The lowest BCUT2D eigenvalue weighted by molar-refractivity contribution is 0.0727. The molecule has 1 aromatic carbocycles. The highest BCUT2D eigenvalue weighted by Gasteiger charge is 2.33. The fraction of sp³-hybridized carbons (Fsp3) is 0.294. The summed E-state index contributed by atoms with van der Waals surface area (Å²) in [5.74, 6) is 0.0757. The second-order valence-corrected chi connectivity index (χ2v) is 5.39. The van der Waals surface area contributed by atoms with Gasteiger partial charge in [0.15, 0.2) is 0 Å². The Labute approximate surface area is 136 Å². The van der Waals surface area contributed by atoms with Gasteiger partial charge >= 0.3 is 0 Å². The molecule has 5 heteroatoms. The van der Waals surface area contributed by atoms with Gasteiger partial charge in [-0.15, -0.1) is 12.4 Å². The van der Waals surface area contributed by atoms with Crippen LogP contribution in [0.4, 0.5) is 0 Å². The molecular weight excluding hydrogens is 298 g/mol. The SMILES string of the molecule is Cl.NCc1ccc(C(=O)N(Cc2ccccn2)C2CC2)cc1. The van der Waals surface area contributed by atoms with Gasteiger partial charge < -0.3 is 10.6 Å². The van der Waals surface area contributed by atoms with Gasteiger partial charge in [-0.1, -0.05) is 18.2 Å². The highest BCUT2D eigenvalue weighted by atomic mass is 35.5. The zero-order chi connectivity index (χ0) is 14.7. The topological polar surface area (TPSA) is 59.2 Å². The predicted molar refractivity (Wildman–Crippen MR) is 88.7 cm³/mol. The zero-order valence-electron chi connectivity index (χ0n) is 12.3. The van der Waals surface area contributed by atoms with Crippen LogP contribution in [0.15, 0.2) is 48.7 Å². The Bertz CT molecular complexity index is 612. The largest absolute Gasteiger partial charge is 0.330 e. The van der Waals surface area contributed by atoms with E-state index in [4.69, 9.17) is 5.73 Å². The number of hydrogen-bond donors (Lipinski definition) is 1. The Kier molecular flexibility index (Phi) is 5.52. The molecule has 1 saturated carbocycles. The van der Waals surface area contributed by atoms with E-state index in [1.54, 1.807) is 6.20 Å². The van der Waals surface area contributed by atoms with E-state index >= 15 is 0 Å². The number of halogens is 1. The number of nitrogens with zero attached hydrogens (tertiary/aromatic N) is 2. The third-order valence-electron chi connectivity index (χ3n) is 3.74. The minimum Gasteiger partial charge on any atom is -0.330 e. The lowest BCUT2D eigenvalue weighted by Gasteiger charge is -2.22. The molecule has 1 aliphatic rings. The van der Waals surface area contributed by atoms with E-state index in [-0.39, 0.29) is 18.3 Å². The summed E-state index contributed by atoms with van der Waals surface area (Å²) >= 11 is 0. The maximum atomic E-state index is 12.7. The first kappa shape index (κ1) is 16.5. The third kappa shape index (κ3) is 3.84. The van der Waals surface area contributed by atoms with E-state index in [0.29, 0.717) is 19.1 Å². The summed E-state index contributed by atoms with van der Waals surface area (Å²) in [5.41, 5.74) is 8.27. The van der Waals surface area contributed by atoms with E-state index in [0.717, 1.165) is 29.7 Å². The molecular formula is C17H20ClN3O. The van der Waals surface area contributed by atoms with Crippen molar-refractivity contribution >= 4 is 18.3 Å². The Balaban J connectivity index is 0.00000176. The summed E-state index contributed by atoms with van der Waals surface area (Å²) in [6.07, 6.45) is 3.93. The molecule has 4 nitrogen and oxygen atoms in total. The molecule has 22 heavy (non-hydrogen) atoms. The molecule has 1 heterocycles. The van der Waals surface area contributed by atoms with Crippen LogP contribution >= 0.6 is 12.4 Å². The molecule has 0 atom stereocenters. The van der Waals surface area contributed by atoms with Gasteiger partial charge in [-0.25, -0.2) is 0 Å². The van der Waals surface area contributed by atoms with Crippen LogP contribution in [0.2, 0.25) is 0 Å². The van der Waals surface area contributed by atoms with Crippen LogP contribution in [0.25, 0.3) is 0 Å². The lowest BCUT2D eigenvalue weighted by atomic mass is 10.1. The molecule has 116 valence electrons. The Morgan fingerprint density at radius 2 is 1.91 bits per heavy atom. The second kappa shape index (κ2) is 7.38. The minimum atomic E-state index is 0. The van der Waals surface area contributed by atoms with Crippen molar-refractivity contribution in [1.29, 1.82) is 0 Å². The highest BCUT2D eigenvalue weighted by molar-refractivity contribution is 5.94.